The van der Waals surface area contributed by atoms with Crippen LogP contribution in [-0.4, -0.2) is 16.4 Å². The van der Waals surface area contributed by atoms with Gasteiger partial charge in [-0.3, -0.25) is 4.79 Å². The van der Waals surface area contributed by atoms with E-state index in [1.165, 1.54) is 18.2 Å². The van der Waals surface area contributed by atoms with Crippen molar-refractivity contribution in [3.8, 4) is 0 Å². The van der Waals surface area contributed by atoms with Crippen LogP contribution in [0.2, 0.25) is 0 Å². The molecule has 0 bridgehead atoms. The zero-order chi connectivity index (χ0) is 15.5. The fourth-order valence-electron chi connectivity index (χ4n) is 1.80. The molecule has 2 rings (SSSR count). The van der Waals surface area contributed by atoms with Gasteiger partial charge >= 0.3 is 0 Å². The van der Waals surface area contributed by atoms with Crippen LogP contribution < -0.4 is 10.6 Å². The molecule has 0 unspecified atom stereocenters. The number of benzene rings is 1. The van der Waals surface area contributed by atoms with Crippen molar-refractivity contribution < 1.29 is 9.18 Å². The number of aromatic nitrogens is 1. The largest absolute Gasteiger partial charge is 0.379 e. The zero-order valence-electron chi connectivity index (χ0n) is 12.3. The first-order valence-corrected chi connectivity index (χ1v) is 6.65. The van der Waals surface area contributed by atoms with Crippen molar-refractivity contribution in [2.75, 3.05) is 10.6 Å². The standard InChI is InChI=1S/C16H18FN3O/c1-16(2,3)20-11-8-9-14(18-10-11)19-15(21)12-6-4-5-7-13(12)17/h4-10,20H,1-3H3,(H,18,19,21). The number of anilines is 2. The topological polar surface area (TPSA) is 54.0 Å². The second kappa shape index (κ2) is 5.91. The number of hydrogen-bond donors (Lipinski definition) is 2. The van der Waals surface area contributed by atoms with Gasteiger partial charge < -0.3 is 10.6 Å². The Balaban J connectivity index is 2.07. The van der Waals surface area contributed by atoms with Gasteiger partial charge in [0.15, 0.2) is 0 Å². The van der Waals surface area contributed by atoms with Gasteiger partial charge in [-0.2, -0.15) is 0 Å². The van der Waals surface area contributed by atoms with E-state index in [0.29, 0.717) is 5.82 Å². The summed E-state index contributed by atoms with van der Waals surface area (Å²) in [6, 6.07) is 9.32. The quantitative estimate of drug-likeness (QED) is 0.905. The van der Waals surface area contributed by atoms with E-state index in [9.17, 15) is 9.18 Å². The number of halogens is 1. The minimum Gasteiger partial charge on any atom is -0.379 e. The Kier molecular flexibility index (Phi) is 4.21. The molecule has 110 valence electrons. The summed E-state index contributed by atoms with van der Waals surface area (Å²) >= 11 is 0. The molecule has 0 atom stereocenters. The average molecular weight is 287 g/mol. The maximum atomic E-state index is 13.5. The fraction of sp³-hybridized carbons (Fsp3) is 0.250. The number of carbonyl (C=O) groups is 1. The van der Waals surface area contributed by atoms with Crippen LogP contribution in [0.5, 0.6) is 0 Å². The molecule has 0 aliphatic carbocycles. The van der Waals surface area contributed by atoms with Gasteiger partial charge in [0.05, 0.1) is 17.4 Å². The van der Waals surface area contributed by atoms with Crippen molar-refractivity contribution in [1.29, 1.82) is 0 Å². The average Bonchev–Trinajstić information content (AvgIpc) is 2.40. The van der Waals surface area contributed by atoms with Crippen LogP contribution in [0.1, 0.15) is 31.1 Å². The Hall–Kier alpha value is -2.43. The first-order valence-electron chi connectivity index (χ1n) is 6.65. The number of hydrogen-bond acceptors (Lipinski definition) is 3. The van der Waals surface area contributed by atoms with Crippen LogP contribution in [0.25, 0.3) is 0 Å². The summed E-state index contributed by atoms with van der Waals surface area (Å²) in [4.78, 5) is 16.1. The lowest BCUT2D eigenvalue weighted by Gasteiger charge is -2.21. The number of pyridine rings is 1. The Bertz CT molecular complexity index is 633. The van der Waals surface area contributed by atoms with Gasteiger partial charge in [0.25, 0.3) is 5.91 Å². The minimum atomic E-state index is -0.555. The summed E-state index contributed by atoms with van der Waals surface area (Å²) < 4.78 is 13.5. The van der Waals surface area contributed by atoms with E-state index in [1.54, 1.807) is 18.3 Å². The van der Waals surface area contributed by atoms with E-state index in [1.807, 2.05) is 26.8 Å². The third kappa shape index (κ3) is 4.27. The molecule has 0 aliphatic rings. The van der Waals surface area contributed by atoms with Crippen LogP contribution in [-0.2, 0) is 0 Å². The number of nitrogens with zero attached hydrogens (tertiary/aromatic N) is 1. The molecule has 1 aromatic heterocycles. The smallest absolute Gasteiger partial charge is 0.259 e. The number of amides is 1. The van der Waals surface area contributed by atoms with E-state index in [2.05, 4.69) is 15.6 Å². The number of nitrogens with one attached hydrogen (secondary N) is 2. The van der Waals surface area contributed by atoms with Gasteiger partial charge in [0.2, 0.25) is 0 Å². The van der Waals surface area contributed by atoms with E-state index < -0.39 is 11.7 Å². The van der Waals surface area contributed by atoms with E-state index in [-0.39, 0.29) is 11.1 Å². The predicted octanol–water partition coefficient (Wildman–Crippen LogP) is 3.68. The van der Waals surface area contributed by atoms with Crippen LogP contribution in [0.4, 0.5) is 15.9 Å². The second-order valence-corrected chi connectivity index (χ2v) is 5.74. The maximum Gasteiger partial charge on any atom is 0.259 e. The normalized spacial score (nSPS) is 11.0. The Morgan fingerprint density at radius 3 is 2.43 bits per heavy atom. The van der Waals surface area contributed by atoms with Crippen molar-refractivity contribution >= 4 is 17.4 Å². The molecule has 21 heavy (non-hydrogen) atoms. The zero-order valence-corrected chi connectivity index (χ0v) is 12.3. The molecule has 4 nitrogen and oxygen atoms in total. The summed E-state index contributed by atoms with van der Waals surface area (Å²) in [6.45, 7) is 6.13. The fourth-order valence-corrected chi connectivity index (χ4v) is 1.80. The summed E-state index contributed by atoms with van der Waals surface area (Å²) in [5.41, 5.74) is 0.780. The monoisotopic (exact) mass is 287 g/mol. The lowest BCUT2D eigenvalue weighted by atomic mass is 10.1. The van der Waals surface area contributed by atoms with Gasteiger partial charge in [-0.15, -0.1) is 0 Å². The number of carbonyl (C=O) groups excluding carboxylic acids is 1. The highest BCUT2D eigenvalue weighted by atomic mass is 19.1. The van der Waals surface area contributed by atoms with Gasteiger partial charge in [0, 0.05) is 5.54 Å². The minimum absolute atomic E-state index is 0.00352. The molecule has 1 amide bonds. The van der Waals surface area contributed by atoms with Crippen LogP contribution in [0, 0.1) is 5.82 Å². The maximum absolute atomic E-state index is 13.5. The van der Waals surface area contributed by atoms with Gasteiger partial charge in [-0.05, 0) is 45.0 Å². The van der Waals surface area contributed by atoms with Crippen LogP contribution in [0.15, 0.2) is 42.6 Å². The molecule has 0 saturated carbocycles. The lowest BCUT2D eigenvalue weighted by Crippen LogP contribution is -2.26. The van der Waals surface area contributed by atoms with Crippen molar-refractivity contribution in [2.24, 2.45) is 0 Å². The molecule has 2 N–H and O–H groups in total. The molecule has 0 fully saturated rings. The summed E-state index contributed by atoms with van der Waals surface area (Å²) in [7, 11) is 0. The van der Waals surface area contributed by atoms with Crippen molar-refractivity contribution in [3.05, 3.63) is 54.0 Å². The van der Waals surface area contributed by atoms with E-state index in [0.717, 1.165) is 5.69 Å². The molecule has 0 aliphatic heterocycles. The van der Waals surface area contributed by atoms with Crippen molar-refractivity contribution in [2.45, 2.75) is 26.3 Å². The summed E-state index contributed by atoms with van der Waals surface area (Å²) in [5, 5.41) is 5.84. The van der Waals surface area contributed by atoms with E-state index in [4.69, 9.17) is 0 Å². The van der Waals surface area contributed by atoms with Gasteiger partial charge in [-0.25, -0.2) is 9.37 Å². The third-order valence-electron chi connectivity index (χ3n) is 2.64. The molecular formula is C16H18FN3O. The summed E-state index contributed by atoms with van der Waals surface area (Å²) in [6.07, 6.45) is 1.63. The first kappa shape index (κ1) is 15.0. The van der Waals surface area contributed by atoms with Gasteiger partial charge in [0.1, 0.15) is 11.6 Å². The molecule has 2 aromatic rings. The lowest BCUT2D eigenvalue weighted by molar-refractivity contribution is 0.102. The Labute approximate surface area is 123 Å². The molecule has 1 heterocycles. The highest BCUT2D eigenvalue weighted by molar-refractivity contribution is 6.03. The third-order valence-corrected chi connectivity index (χ3v) is 2.64. The predicted molar refractivity (Wildman–Crippen MR) is 82.0 cm³/mol. The van der Waals surface area contributed by atoms with Gasteiger partial charge in [-0.1, -0.05) is 12.1 Å². The molecule has 0 radical (unpaired) electrons. The number of rotatable bonds is 3. The Morgan fingerprint density at radius 1 is 1.14 bits per heavy atom. The first-order chi connectivity index (χ1) is 9.85. The highest BCUT2D eigenvalue weighted by Crippen LogP contribution is 2.16. The highest BCUT2D eigenvalue weighted by Gasteiger charge is 2.12. The second-order valence-electron chi connectivity index (χ2n) is 5.74. The van der Waals surface area contributed by atoms with Crippen molar-refractivity contribution in [3.63, 3.8) is 0 Å². The SMILES string of the molecule is CC(C)(C)Nc1ccc(NC(=O)c2ccccc2F)nc1. The molecule has 0 spiro atoms. The molecule has 0 saturated heterocycles. The Morgan fingerprint density at radius 2 is 1.86 bits per heavy atom. The van der Waals surface area contributed by atoms with Crippen molar-refractivity contribution in [1.82, 2.24) is 4.98 Å². The van der Waals surface area contributed by atoms with E-state index >= 15 is 0 Å². The van der Waals surface area contributed by atoms with Crippen LogP contribution in [0.3, 0.4) is 0 Å². The summed E-state index contributed by atoms with van der Waals surface area (Å²) in [5.74, 6) is -0.694. The molecule has 1 aromatic carbocycles. The molecular weight excluding hydrogens is 269 g/mol. The molecule has 5 heteroatoms. The van der Waals surface area contributed by atoms with Crippen LogP contribution >= 0.6 is 0 Å².